The molecule has 0 aromatic carbocycles. The molecule has 1 heterocycles. The normalized spacial score (nSPS) is 16.4. The smallest absolute Gasteiger partial charge is 0.244 e. The molecule has 0 amide bonds. The van der Waals surface area contributed by atoms with Crippen LogP contribution in [-0.2, 0) is 16.6 Å². The number of rotatable bonds is 6. The number of aliphatic hydroxyl groups excluding tert-OH is 1. The topological polar surface area (TPSA) is 57.6 Å². The van der Waals surface area contributed by atoms with Gasteiger partial charge in [0.15, 0.2) is 0 Å². The van der Waals surface area contributed by atoms with Gasteiger partial charge in [0, 0.05) is 13.1 Å². The predicted octanol–water partition coefficient (Wildman–Crippen LogP) is 1.97. The second-order valence-corrected chi connectivity index (χ2v) is 7.57. The van der Waals surface area contributed by atoms with Crippen molar-refractivity contribution in [1.82, 2.24) is 4.31 Å². The molecule has 102 valence electrons. The van der Waals surface area contributed by atoms with E-state index in [0.29, 0.717) is 28.8 Å². The van der Waals surface area contributed by atoms with Crippen LogP contribution in [0.4, 0.5) is 0 Å². The molecule has 0 aliphatic heterocycles. The molecule has 0 saturated heterocycles. The Labute approximate surface area is 112 Å². The summed E-state index contributed by atoms with van der Waals surface area (Å²) in [6.45, 7) is 4.53. The third-order valence-corrected chi connectivity index (χ3v) is 6.63. The minimum atomic E-state index is -3.45. The molecule has 0 spiro atoms. The Morgan fingerprint density at radius 3 is 2.67 bits per heavy atom. The quantitative estimate of drug-likeness (QED) is 0.871. The van der Waals surface area contributed by atoms with Gasteiger partial charge in [0.2, 0.25) is 10.0 Å². The Kier molecular flexibility index (Phi) is 4.11. The number of aliphatic hydroxyl groups is 1. The first-order valence-corrected chi connectivity index (χ1v) is 8.50. The van der Waals surface area contributed by atoms with E-state index in [2.05, 4.69) is 0 Å². The highest BCUT2D eigenvalue weighted by atomic mass is 32.2. The summed E-state index contributed by atoms with van der Waals surface area (Å²) < 4.78 is 26.8. The summed E-state index contributed by atoms with van der Waals surface area (Å²) in [6.07, 6.45) is 2.25. The summed E-state index contributed by atoms with van der Waals surface area (Å²) in [4.78, 5) is 0.860. The fraction of sp³-hybridized carbons (Fsp3) is 0.667. The van der Waals surface area contributed by atoms with Gasteiger partial charge < -0.3 is 5.11 Å². The molecule has 4 nitrogen and oxygen atoms in total. The van der Waals surface area contributed by atoms with Gasteiger partial charge in [-0.25, -0.2) is 8.42 Å². The van der Waals surface area contributed by atoms with Crippen molar-refractivity contribution in [1.29, 1.82) is 0 Å². The van der Waals surface area contributed by atoms with E-state index >= 15 is 0 Å². The molecule has 1 fully saturated rings. The SMILES string of the molecule is CCN(CC1CC1)S(=O)(=O)c1c(C)csc1CO. The third-order valence-electron chi connectivity index (χ3n) is 3.24. The largest absolute Gasteiger partial charge is 0.391 e. The maximum atomic E-state index is 12.6. The van der Waals surface area contributed by atoms with Crippen LogP contribution in [0, 0.1) is 12.8 Å². The Bertz CT molecular complexity index is 517. The standard InChI is InChI=1S/C12H19NO3S2/c1-3-13(6-10-4-5-10)18(15,16)12-9(2)8-17-11(12)7-14/h8,10,14H,3-7H2,1-2H3. The van der Waals surface area contributed by atoms with E-state index in [9.17, 15) is 13.5 Å². The van der Waals surface area contributed by atoms with Crippen molar-refractivity contribution in [3.8, 4) is 0 Å². The predicted molar refractivity (Wildman–Crippen MR) is 72.1 cm³/mol. The fourth-order valence-corrected chi connectivity index (χ4v) is 5.20. The second-order valence-electron chi connectivity index (χ2n) is 4.73. The van der Waals surface area contributed by atoms with E-state index < -0.39 is 10.0 Å². The summed E-state index contributed by atoms with van der Waals surface area (Å²) in [5, 5.41) is 11.1. The highest BCUT2D eigenvalue weighted by molar-refractivity contribution is 7.89. The average Bonchev–Trinajstić information content (AvgIpc) is 3.07. The second kappa shape index (κ2) is 5.28. The van der Waals surface area contributed by atoms with Crippen molar-refractivity contribution in [2.45, 2.75) is 38.2 Å². The van der Waals surface area contributed by atoms with Crippen LogP contribution >= 0.6 is 11.3 Å². The zero-order valence-electron chi connectivity index (χ0n) is 10.7. The van der Waals surface area contributed by atoms with E-state index in [1.54, 1.807) is 16.6 Å². The summed E-state index contributed by atoms with van der Waals surface area (Å²) in [5.41, 5.74) is 0.735. The van der Waals surface area contributed by atoms with Crippen molar-refractivity contribution >= 4 is 21.4 Å². The summed E-state index contributed by atoms with van der Waals surface area (Å²) >= 11 is 1.31. The average molecular weight is 289 g/mol. The Hall–Kier alpha value is -0.430. The van der Waals surface area contributed by atoms with Gasteiger partial charge in [-0.1, -0.05) is 6.92 Å². The van der Waals surface area contributed by atoms with Gasteiger partial charge in [-0.3, -0.25) is 0 Å². The summed E-state index contributed by atoms with van der Waals surface area (Å²) in [5.74, 6) is 0.524. The zero-order valence-corrected chi connectivity index (χ0v) is 12.4. The molecule has 0 radical (unpaired) electrons. The molecule has 1 aliphatic carbocycles. The number of hydrogen-bond donors (Lipinski definition) is 1. The lowest BCUT2D eigenvalue weighted by molar-refractivity contribution is 0.282. The van der Waals surface area contributed by atoms with Gasteiger partial charge in [-0.15, -0.1) is 11.3 Å². The lowest BCUT2D eigenvalue weighted by Gasteiger charge is -2.21. The zero-order chi connectivity index (χ0) is 13.3. The van der Waals surface area contributed by atoms with Gasteiger partial charge in [0.25, 0.3) is 0 Å². The van der Waals surface area contributed by atoms with Crippen molar-refractivity contribution < 1.29 is 13.5 Å². The lowest BCUT2D eigenvalue weighted by atomic mass is 10.3. The summed E-state index contributed by atoms with van der Waals surface area (Å²) in [6, 6.07) is 0. The maximum absolute atomic E-state index is 12.6. The van der Waals surface area contributed by atoms with Crippen molar-refractivity contribution in [2.24, 2.45) is 5.92 Å². The molecule has 0 atom stereocenters. The van der Waals surface area contributed by atoms with E-state index in [1.165, 1.54) is 11.3 Å². The van der Waals surface area contributed by atoms with E-state index in [-0.39, 0.29) is 6.61 Å². The van der Waals surface area contributed by atoms with Gasteiger partial charge >= 0.3 is 0 Å². The van der Waals surface area contributed by atoms with Gasteiger partial charge in [0.05, 0.1) is 11.5 Å². The van der Waals surface area contributed by atoms with Crippen LogP contribution in [0.25, 0.3) is 0 Å². The van der Waals surface area contributed by atoms with Crippen LogP contribution in [-0.4, -0.2) is 30.9 Å². The number of aryl methyl sites for hydroxylation is 1. The molecule has 1 aromatic rings. The van der Waals surface area contributed by atoms with Crippen LogP contribution in [0.5, 0.6) is 0 Å². The fourth-order valence-electron chi connectivity index (χ4n) is 2.06. The van der Waals surface area contributed by atoms with Crippen LogP contribution in [0.1, 0.15) is 30.2 Å². The van der Waals surface area contributed by atoms with Crippen LogP contribution in [0.3, 0.4) is 0 Å². The molecule has 0 unspecified atom stereocenters. The maximum Gasteiger partial charge on any atom is 0.244 e. The molecule has 18 heavy (non-hydrogen) atoms. The van der Waals surface area contributed by atoms with Gasteiger partial charge in [-0.05, 0) is 36.6 Å². The Morgan fingerprint density at radius 2 is 2.17 bits per heavy atom. The number of nitrogens with zero attached hydrogens (tertiary/aromatic N) is 1. The monoisotopic (exact) mass is 289 g/mol. The molecular formula is C12H19NO3S2. The van der Waals surface area contributed by atoms with Gasteiger partial charge in [0.1, 0.15) is 4.90 Å². The van der Waals surface area contributed by atoms with Crippen molar-refractivity contribution in [3.05, 3.63) is 15.8 Å². The van der Waals surface area contributed by atoms with E-state index in [0.717, 1.165) is 18.4 Å². The highest BCUT2D eigenvalue weighted by Crippen LogP contribution is 2.34. The number of hydrogen-bond acceptors (Lipinski definition) is 4. The first-order chi connectivity index (χ1) is 8.50. The number of sulfonamides is 1. The van der Waals surface area contributed by atoms with E-state index in [4.69, 9.17) is 0 Å². The highest BCUT2D eigenvalue weighted by Gasteiger charge is 2.33. The molecular weight excluding hydrogens is 270 g/mol. The molecule has 6 heteroatoms. The summed E-state index contributed by atoms with van der Waals surface area (Å²) in [7, 11) is -3.45. The van der Waals surface area contributed by atoms with Crippen LogP contribution in [0.15, 0.2) is 10.3 Å². The van der Waals surface area contributed by atoms with Crippen molar-refractivity contribution in [3.63, 3.8) is 0 Å². The number of thiophene rings is 1. The third kappa shape index (κ3) is 2.61. The van der Waals surface area contributed by atoms with E-state index in [1.807, 2.05) is 6.92 Å². The Morgan fingerprint density at radius 1 is 1.50 bits per heavy atom. The molecule has 1 N–H and O–H groups in total. The van der Waals surface area contributed by atoms with Crippen LogP contribution < -0.4 is 0 Å². The first kappa shape index (κ1) is 14.0. The molecule has 1 saturated carbocycles. The lowest BCUT2D eigenvalue weighted by Crippen LogP contribution is -2.33. The molecule has 2 rings (SSSR count). The molecule has 1 aliphatic rings. The first-order valence-electron chi connectivity index (χ1n) is 6.18. The minimum absolute atomic E-state index is 0.214. The minimum Gasteiger partial charge on any atom is -0.391 e. The Balaban J connectivity index is 2.35. The molecule has 0 bridgehead atoms. The van der Waals surface area contributed by atoms with Gasteiger partial charge in [-0.2, -0.15) is 4.31 Å². The van der Waals surface area contributed by atoms with Crippen molar-refractivity contribution in [2.75, 3.05) is 13.1 Å². The molecule has 1 aromatic heterocycles. The van der Waals surface area contributed by atoms with Crippen LogP contribution in [0.2, 0.25) is 0 Å².